The monoisotopic (exact) mass is 367 g/mol. The van der Waals surface area contributed by atoms with Gasteiger partial charge < -0.3 is 20.3 Å². The van der Waals surface area contributed by atoms with Crippen LogP contribution in [0.4, 0.5) is 5.82 Å². The number of aliphatic hydroxyl groups is 1. The molecular formula is C15H21N5O4S. The topological polar surface area (TPSA) is 122 Å². The number of aliphatic carboxylic acids is 1. The first-order chi connectivity index (χ1) is 12.1. The van der Waals surface area contributed by atoms with Crippen LogP contribution in [0.25, 0.3) is 11.2 Å². The van der Waals surface area contributed by atoms with Gasteiger partial charge in [0.2, 0.25) is 0 Å². The molecule has 25 heavy (non-hydrogen) atoms. The van der Waals surface area contributed by atoms with E-state index >= 15 is 0 Å². The Morgan fingerprint density at radius 2 is 2.32 bits per heavy atom. The molecule has 0 bridgehead atoms. The Labute approximate surface area is 148 Å². The van der Waals surface area contributed by atoms with Gasteiger partial charge in [-0.3, -0.25) is 9.36 Å². The number of hydrogen-bond acceptors (Lipinski definition) is 8. The summed E-state index contributed by atoms with van der Waals surface area (Å²) >= 11 is 1.64. The maximum atomic E-state index is 10.5. The Bertz CT molecular complexity index is 740. The first-order valence-electron chi connectivity index (χ1n) is 8.08. The van der Waals surface area contributed by atoms with Crippen LogP contribution >= 0.6 is 11.8 Å². The van der Waals surface area contributed by atoms with E-state index in [1.807, 2.05) is 0 Å². The molecule has 136 valence electrons. The van der Waals surface area contributed by atoms with Crippen molar-refractivity contribution in [1.82, 2.24) is 19.5 Å². The van der Waals surface area contributed by atoms with E-state index in [1.54, 1.807) is 29.7 Å². The zero-order chi connectivity index (χ0) is 17.8. The van der Waals surface area contributed by atoms with Crippen LogP contribution in [0.3, 0.4) is 0 Å². The maximum absolute atomic E-state index is 10.5. The molecule has 0 radical (unpaired) electrons. The molecule has 2 aromatic rings. The largest absolute Gasteiger partial charge is 0.481 e. The number of rotatable bonds is 8. The molecule has 2 aromatic heterocycles. The molecule has 0 aromatic carbocycles. The van der Waals surface area contributed by atoms with Crippen molar-refractivity contribution in [3.8, 4) is 0 Å². The quantitative estimate of drug-likeness (QED) is 0.589. The normalized spacial score (nSPS) is 23.2. The number of carboxylic acids is 1. The minimum absolute atomic E-state index is 0.0853. The lowest BCUT2D eigenvalue weighted by Crippen LogP contribution is -2.19. The van der Waals surface area contributed by atoms with Crippen molar-refractivity contribution in [3.63, 3.8) is 0 Å². The second-order valence-electron chi connectivity index (χ2n) is 5.82. The number of aliphatic hydroxyl groups excluding tert-OH is 1. The number of fused-ring (bicyclic) bond motifs is 1. The number of imidazole rings is 1. The number of hydrogen-bond donors (Lipinski definition) is 3. The van der Waals surface area contributed by atoms with Crippen LogP contribution in [-0.4, -0.2) is 66.5 Å². The van der Waals surface area contributed by atoms with Crippen LogP contribution in [-0.2, 0) is 9.53 Å². The molecule has 1 fully saturated rings. The van der Waals surface area contributed by atoms with Crippen molar-refractivity contribution in [3.05, 3.63) is 12.7 Å². The van der Waals surface area contributed by atoms with Gasteiger partial charge in [0.15, 0.2) is 17.7 Å². The molecular weight excluding hydrogens is 346 g/mol. The summed E-state index contributed by atoms with van der Waals surface area (Å²) < 4.78 is 7.72. The molecule has 3 atom stereocenters. The first kappa shape index (κ1) is 17.9. The third kappa shape index (κ3) is 4.02. The van der Waals surface area contributed by atoms with E-state index in [9.17, 15) is 9.90 Å². The van der Waals surface area contributed by atoms with Gasteiger partial charge in [-0.05, 0) is 12.2 Å². The molecule has 10 heteroatoms. The number of ether oxygens (including phenoxy) is 1. The third-order valence-electron chi connectivity index (χ3n) is 4.02. The lowest BCUT2D eigenvalue weighted by atomic mass is 10.2. The number of aromatic nitrogens is 4. The van der Waals surface area contributed by atoms with Crippen LogP contribution in [0.15, 0.2) is 12.7 Å². The Morgan fingerprint density at radius 3 is 3.08 bits per heavy atom. The summed E-state index contributed by atoms with van der Waals surface area (Å²) in [6.07, 6.45) is 3.13. The molecule has 1 aliphatic rings. The van der Waals surface area contributed by atoms with Crippen LogP contribution < -0.4 is 5.32 Å². The highest BCUT2D eigenvalue weighted by Crippen LogP contribution is 2.33. The van der Waals surface area contributed by atoms with Gasteiger partial charge in [-0.2, -0.15) is 11.8 Å². The van der Waals surface area contributed by atoms with Gasteiger partial charge in [-0.15, -0.1) is 0 Å². The lowest BCUT2D eigenvalue weighted by molar-refractivity contribution is -0.137. The number of nitrogens with zero attached hydrogens (tertiary/aromatic N) is 4. The minimum Gasteiger partial charge on any atom is -0.481 e. The van der Waals surface area contributed by atoms with E-state index in [2.05, 4.69) is 20.3 Å². The van der Waals surface area contributed by atoms with Crippen molar-refractivity contribution in [2.24, 2.45) is 0 Å². The zero-order valence-electron chi connectivity index (χ0n) is 13.8. The second-order valence-corrected chi connectivity index (χ2v) is 6.97. The summed E-state index contributed by atoms with van der Waals surface area (Å²) in [6, 6.07) is 0. The molecule has 3 rings (SSSR count). The van der Waals surface area contributed by atoms with E-state index in [0.717, 1.165) is 11.5 Å². The SMILES string of the molecule is CNc1ncnc2c1ncn2[C@@H]1O[C@H](CSCCCC(=O)O)C[C@H]1O. The summed E-state index contributed by atoms with van der Waals surface area (Å²) in [5, 5.41) is 22.0. The Kier molecular flexibility index (Phi) is 5.71. The standard InChI is InChI=1S/C15H21N5O4S/c1-16-13-12-14(18-7-17-13)20(8-19-12)15-10(21)5-9(24-15)6-25-4-2-3-11(22)23/h7-10,15,21H,2-6H2,1H3,(H,22,23)(H,16,17,18)/t9-,10+,15+/m0/s1. The van der Waals surface area contributed by atoms with Crippen LogP contribution in [0.5, 0.6) is 0 Å². The van der Waals surface area contributed by atoms with Crippen molar-refractivity contribution in [2.45, 2.75) is 37.7 Å². The molecule has 3 N–H and O–H groups in total. The molecule has 0 amide bonds. The Hall–Kier alpha value is -1.91. The van der Waals surface area contributed by atoms with Crippen molar-refractivity contribution in [2.75, 3.05) is 23.9 Å². The molecule has 1 saturated heterocycles. The Balaban J connectivity index is 1.61. The summed E-state index contributed by atoms with van der Waals surface area (Å²) in [7, 11) is 1.76. The van der Waals surface area contributed by atoms with Gasteiger partial charge in [0.05, 0.1) is 12.4 Å². The first-order valence-corrected chi connectivity index (χ1v) is 9.24. The zero-order valence-corrected chi connectivity index (χ0v) is 14.6. The predicted octanol–water partition coefficient (Wildman–Crippen LogP) is 1.11. The fourth-order valence-electron chi connectivity index (χ4n) is 2.85. The van der Waals surface area contributed by atoms with E-state index in [0.29, 0.717) is 29.8 Å². The number of anilines is 1. The van der Waals surface area contributed by atoms with E-state index in [-0.39, 0.29) is 12.5 Å². The third-order valence-corrected chi connectivity index (χ3v) is 5.20. The number of thioether (sulfide) groups is 1. The highest BCUT2D eigenvalue weighted by atomic mass is 32.2. The van der Waals surface area contributed by atoms with E-state index in [1.165, 1.54) is 6.33 Å². The molecule has 9 nitrogen and oxygen atoms in total. The number of carboxylic acid groups (broad SMARTS) is 1. The molecule has 0 spiro atoms. The summed E-state index contributed by atoms with van der Waals surface area (Å²) in [5.74, 6) is 1.33. The number of carbonyl (C=O) groups is 1. The van der Waals surface area contributed by atoms with Crippen molar-refractivity contribution in [1.29, 1.82) is 0 Å². The van der Waals surface area contributed by atoms with E-state index < -0.39 is 18.3 Å². The van der Waals surface area contributed by atoms with Crippen LogP contribution in [0, 0.1) is 0 Å². The molecule has 0 aliphatic carbocycles. The van der Waals surface area contributed by atoms with Gasteiger partial charge in [0.1, 0.15) is 17.9 Å². The highest BCUT2D eigenvalue weighted by Gasteiger charge is 2.36. The lowest BCUT2D eigenvalue weighted by Gasteiger charge is -2.16. The fraction of sp³-hybridized carbons (Fsp3) is 0.600. The molecule has 3 heterocycles. The molecule has 0 unspecified atom stereocenters. The van der Waals surface area contributed by atoms with Gasteiger partial charge >= 0.3 is 5.97 Å². The van der Waals surface area contributed by atoms with Crippen molar-refractivity contribution < 1.29 is 19.7 Å². The van der Waals surface area contributed by atoms with Gasteiger partial charge in [-0.25, -0.2) is 15.0 Å². The van der Waals surface area contributed by atoms with Gasteiger partial charge in [0.25, 0.3) is 0 Å². The average Bonchev–Trinajstić information content (AvgIpc) is 3.17. The fourth-order valence-corrected chi connectivity index (χ4v) is 3.84. The van der Waals surface area contributed by atoms with E-state index in [4.69, 9.17) is 9.84 Å². The maximum Gasteiger partial charge on any atom is 0.303 e. The van der Waals surface area contributed by atoms with Gasteiger partial charge in [-0.1, -0.05) is 0 Å². The second kappa shape index (κ2) is 7.98. The summed E-state index contributed by atoms with van der Waals surface area (Å²) in [4.78, 5) is 23.2. The molecule has 0 saturated carbocycles. The van der Waals surface area contributed by atoms with Crippen LogP contribution in [0.1, 0.15) is 25.5 Å². The average molecular weight is 367 g/mol. The predicted molar refractivity (Wildman–Crippen MR) is 93.6 cm³/mol. The van der Waals surface area contributed by atoms with Crippen LogP contribution in [0.2, 0.25) is 0 Å². The summed E-state index contributed by atoms with van der Waals surface area (Å²) in [6.45, 7) is 0. The van der Waals surface area contributed by atoms with Gasteiger partial charge in [0, 0.05) is 25.6 Å². The highest BCUT2D eigenvalue weighted by molar-refractivity contribution is 7.99. The smallest absolute Gasteiger partial charge is 0.303 e. The van der Waals surface area contributed by atoms with Crippen molar-refractivity contribution >= 4 is 34.7 Å². The number of nitrogens with one attached hydrogen (secondary N) is 1. The minimum atomic E-state index is -0.775. The molecule has 1 aliphatic heterocycles. The summed E-state index contributed by atoms with van der Waals surface area (Å²) in [5.41, 5.74) is 1.24. The Morgan fingerprint density at radius 1 is 1.48 bits per heavy atom.